The van der Waals surface area contributed by atoms with Crippen LogP contribution in [0.4, 0.5) is 0 Å². The number of fused-ring (bicyclic) bond motifs is 12. The Kier molecular flexibility index (Phi) is 20.1. The smallest absolute Gasteiger partial charge is 0.163 e. The molecule has 24 aromatic rings. The fourth-order valence-corrected chi connectivity index (χ4v) is 19.9. The molecule has 666 valence electrons. The summed E-state index contributed by atoms with van der Waals surface area (Å²) in [7, 11) is 0. The van der Waals surface area contributed by atoms with Crippen LogP contribution >= 0.6 is 0 Å². The van der Waals surface area contributed by atoms with Crippen molar-refractivity contribution in [2.24, 2.45) is 0 Å². The zero-order chi connectivity index (χ0) is 95.1. The zero-order valence-electron chi connectivity index (χ0n) is 77.8. The lowest BCUT2D eigenvalue weighted by Crippen LogP contribution is -2.06. The van der Waals surface area contributed by atoms with Gasteiger partial charge in [0.05, 0.1) is 89.7 Å². The number of rotatable bonds is 16. The van der Waals surface area contributed by atoms with Crippen LogP contribution in [0, 0.1) is 98.8 Å². The molecule has 0 radical (unpaired) electrons. The lowest BCUT2D eigenvalue weighted by molar-refractivity contribution is 0.886. The van der Waals surface area contributed by atoms with Gasteiger partial charge in [-0.15, -0.1) is 0 Å². The molecule has 0 amide bonds. The molecule has 12 aromatic carbocycles. The van der Waals surface area contributed by atoms with Crippen molar-refractivity contribution in [1.82, 2.24) is 118 Å². The molecule has 0 unspecified atom stereocenters. The molecule has 24 rings (SSSR count). The predicted molar refractivity (Wildman–Crippen MR) is 545 cm³/mol. The highest BCUT2D eigenvalue weighted by Crippen LogP contribution is 2.47. The number of aromatic nitrogens is 24. The number of pyridine rings is 2. The van der Waals surface area contributed by atoms with Crippen molar-refractivity contribution >= 4 is 87.2 Å². The van der Waals surface area contributed by atoms with Gasteiger partial charge in [0.2, 0.25) is 0 Å². The quantitative estimate of drug-likeness (QED) is 0.0867. The van der Waals surface area contributed by atoms with Crippen LogP contribution in [0.2, 0.25) is 0 Å². The summed E-state index contributed by atoms with van der Waals surface area (Å²) in [6, 6.07) is 98.7. The lowest BCUT2D eigenvalue weighted by atomic mass is 9.99. The van der Waals surface area contributed by atoms with Crippen molar-refractivity contribution in [3.05, 3.63) is 360 Å². The lowest BCUT2D eigenvalue weighted by Gasteiger charge is -2.19. The van der Waals surface area contributed by atoms with Gasteiger partial charge in [0.1, 0.15) is 93.2 Å². The summed E-state index contributed by atoms with van der Waals surface area (Å²) >= 11 is 0. The molecule has 0 atom stereocenters. The minimum atomic E-state index is 0.242. The third-order valence-corrected chi connectivity index (χ3v) is 25.6. The molecule has 0 saturated heterocycles. The highest BCUT2D eigenvalue weighted by molar-refractivity contribution is 6.16. The first-order valence-electron chi connectivity index (χ1n) is 45.9. The molecule has 0 N–H and O–H groups in total. The maximum Gasteiger partial charge on any atom is 0.163 e. The Labute approximate surface area is 801 Å². The second-order valence-corrected chi connectivity index (χ2v) is 35.2. The summed E-state index contributed by atoms with van der Waals surface area (Å²) in [4.78, 5) is 98.1. The van der Waals surface area contributed by atoms with Gasteiger partial charge in [-0.25, -0.2) is 99.7 Å². The molecule has 0 saturated carbocycles. The van der Waals surface area contributed by atoms with E-state index in [1.54, 1.807) is 0 Å². The van der Waals surface area contributed by atoms with Crippen LogP contribution < -0.4 is 0 Å². The Balaban J connectivity index is 0.694. The van der Waals surface area contributed by atoms with Crippen molar-refractivity contribution in [1.29, 1.82) is 10.5 Å². The molecule has 0 aliphatic rings. The second kappa shape index (κ2) is 33.4. The summed E-state index contributed by atoms with van der Waals surface area (Å²) in [5.41, 5.74) is 21.5. The number of aryl methyl sites for hydroxylation is 11. The maximum atomic E-state index is 12.5. The van der Waals surface area contributed by atoms with Crippen LogP contribution in [0.15, 0.2) is 273 Å². The SMILES string of the molecule is Cc1nc(C)nc(-c2ccc3c(c2)c2ccccc2n3-c2cc(-c3cc(Cc4nc(C)nc(-c5ccc6c(c5)c5cc(-c7nc(C)nc(C)n7)ccc5n6-c5cc(-c6cccc(-c7ccccc7)n6)cc(-n6c7ccc(-c8nc(C)nc(C)n8)cc7c7cc(-c8nc(C)nc(C)n8)ccc76)c5C#N)n4)cc(-c4ccccc4)n3)cc(-n3c4ccccc4c4cc(-c5nc(C)nc(C)n5)ccc43)c2C#N)n1. The fourth-order valence-electron chi connectivity index (χ4n) is 19.9. The van der Waals surface area contributed by atoms with E-state index in [0.29, 0.717) is 161 Å². The molecule has 140 heavy (non-hydrogen) atoms. The molecule has 26 nitrogen and oxygen atoms in total. The Morgan fingerprint density at radius 1 is 0.193 bits per heavy atom. The Hall–Kier alpha value is -18.8. The third kappa shape index (κ3) is 14.8. The minimum absolute atomic E-state index is 0.242. The topological polar surface area (TPSA) is 325 Å². The van der Waals surface area contributed by atoms with E-state index in [2.05, 4.69) is 213 Å². The summed E-state index contributed by atoms with van der Waals surface area (Å²) < 4.78 is 8.77. The fraction of sp³-hybridized carbons (Fsp3) is 0.105. The number of benzene rings is 12. The molecule has 12 aromatic heterocycles. The summed E-state index contributed by atoms with van der Waals surface area (Å²) in [6.45, 7) is 20.6. The van der Waals surface area contributed by atoms with Crippen molar-refractivity contribution in [3.63, 3.8) is 0 Å². The first kappa shape index (κ1) is 84.2. The summed E-state index contributed by atoms with van der Waals surface area (Å²) in [6.07, 6.45) is 0.242. The molecule has 0 bridgehead atoms. The number of hydrogen-bond acceptors (Lipinski definition) is 22. The van der Waals surface area contributed by atoms with Crippen LogP contribution in [0.5, 0.6) is 0 Å². The number of hydrogen-bond donors (Lipinski definition) is 0. The van der Waals surface area contributed by atoms with Gasteiger partial charge in [0.15, 0.2) is 34.9 Å². The molecule has 12 heterocycles. The van der Waals surface area contributed by atoms with Crippen LogP contribution in [-0.2, 0) is 6.42 Å². The molecular formula is C114H80N26. The molecule has 0 fully saturated rings. The van der Waals surface area contributed by atoms with Crippen LogP contribution in [0.3, 0.4) is 0 Å². The van der Waals surface area contributed by atoms with Crippen molar-refractivity contribution in [2.45, 2.75) is 82.6 Å². The average molecular weight is 1810 g/mol. The first-order valence-corrected chi connectivity index (χ1v) is 45.9. The normalized spacial score (nSPS) is 11.7. The van der Waals surface area contributed by atoms with E-state index in [1.807, 2.05) is 191 Å². The first-order chi connectivity index (χ1) is 68.2. The third-order valence-electron chi connectivity index (χ3n) is 25.6. The molecule has 0 aliphatic heterocycles. The maximum absolute atomic E-state index is 12.5. The van der Waals surface area contributed by atoms with E-state index in [-0.39, 0.29) is 6.42 Å². The van der Waals surface area contributed by atoms with E-state index in [1.165, 1.54) is 0 Å². The van der Waals surface area contributed by atoms with E-state index in [4.69, 9.17) is 74.8 Å². The highest BCUT2D eigenvalue weighted by atomic mass is 15.1. The van der Waals surface area contributed by atoms with Gasteiger partial charge in [-0.1, -0.05) is 103 Å². The van der Waals surface area contributed by atoms with Gasteiger partial charge in [-0.2, -0.15) is 10.5 Å². The van der Waals surface area contributed by atoms with E-state index in [0.717, 1.165) is 149 Å². The van der Waals surface area contributed by atoms with Crippen LogP contribution in [0.1, 0.15) is 86.6 Å². The molecule has 0 aliphatic carbocycles. The van der Waals surface area contributed by atoms with E-state index in [9.17, 15) is 10.5 Å². The van der Waals surface area contributed by atoms with Gasteiger partial charge < -0.3 is 18.3 Å². The Morgan fingerprint density at radius 3 is 0.750 bits per heavy atom. The van der Waals surface area contributed by atoms with Crippen molar-refractivity contribution in [3.8, 4) is 148 Å². The van der Waals surface area contributed by atoms with Crippen molar-refractivity contribution < 1.29 is 0 Å². The van der Waals surface area contributed by atoms with Crippen LogP contribution in [0.25, 0.3) is 223 Å². The number of para-hydroxylation sites is 2. The van der Waals surface area contributed by atoms with E-state index < -0.39 is 0 Å². The van der Waals surface area contributed by atoms with Gasteiger partial charge in [-0.3, -0.25) is 0 Å². The van der Waals surface area contributed by atoms with Crippen molar-refractivity contribution in [2.75, 3.05) is 0 Å². The molecule has 0 spiro atoms. The largest absolute Gasteiger partial charge is 0.308 e. The van der Waals surface area contributed by atoms with Gasteiger partial charge >= 0.3 is 0 Å². The minimum Gasteiger partial charge on any atom is -0.308 e. The number of nitrogens with zero attached hydrogens (tertiary/aromatic N) is 26. The van der Waals surface area contributed by atoms with Gasteiger partial charge in [0, 0.05) is 105 Å². The zero-order valence-corrected chi connectivity index (χ0v) is 77.8. The Bertz CT molecular complexity index is 9090. The van der Waals surface area contributed by atoms with Gasteiger partial charge in [-0.05, 0) is 252 Å². The predicted octanol–water partition coefficient (Wildman–Crippen LogP) is 23.4. The summed E-state index contributed by atoms with van der Waals surface area (Å²) in [5, 5.41) is 32.0. The average Bonchev–Trinajstić information content (AvgIpc) is 1.56. The highest BCUT2D eigenvalue weighted by Gasteiger charge is 2.30. The summed E-state index contributed by atoms with van der Waals surface area (Å²) in [5.74, 6) is 10.2. The molecular weight excluding hydrogens is 1730 g/mol. The molecule has 26 heteroatoms. The van der Waals surface area contributed by atoms with E-state index >= 15 is 0 Å². The Morgan fingerprint density at radius 2 is 0.436 bits per heavy atom. The second-order valence-electron chi connectivity index (χ2n) is 35.2. The van der Waals surface area contributed by atoms with Gasteiger partial charge in [0.25, 0.3) is 0 Å². The monoisotopic (exact) mass is 1810 g/mol. The standard InChI is InChI=1S/C114H80N26/c1-60-117-61(2)124-109(123-60)74-33-39-98-84(48-74)82-27-18-20-31-96(82)137(98)106-56-81(57-107(91(106)59-116)138-97-32-21-19-28-83(97)85-49-75(34-40-99(85)138)110-125-62(3)118-63(4)126-110)95-46-71(45-94(135-95)73-25-16-13-17-26-73)47-108-122-70(11)133-114(136-108)79-38-44-103-89(53-79)88-52-78(113-131-68(9)121-69(10)132-113)37-43-102(88)140(103)105-55-80(93-30-22-29-92(134-93)72-23-14-12-15-24-72)54-104(90(105)58-115)139-100-41-35-76(111-127-64(5)119-65(6)128-111)50-86(100)87-51-77(36-42-101(87)139)112-129-66(7)120-67(8)130-112/h12-46,48-57H,47H2,1-11H3. The van der Waals surface area contributed by atoms with Crippen LogP contribution in [-0.4, -0.2) is 118 Å². The number of nitriles is 2.